The molecule has 2 aliphatic heterocycles. The molecule has 0 saturated carbocycles. The van der Waals surface area contributed by atoms with Crippen LogP contribution < -0.4 is 0 Å². The fraction of sp³-hybridized carbons (Fsp3) is 0.500. The van der Waals surface area contributed by atoms with E-state index in [1.807, 2.05) is 0 Å². The van der Waals surface area contributed by atoms with Crippen LogP contribution in [0.25, 0.3) is 0 Å². The van der Waals surface area contributed by atoms with E-state index >= 15 is 0 Å². The van der Waals surface area contributed by atoms with Gasteiger partial charge in [0.05, 0.1) is 27.8 Å². The highest BCUT2D eigenvalue weighted by Crippen LogP contribution is 2.39. The van der Waals surface area contributed by atoms with Crippen LogP contribution in [-0.4, -0.2) is 43.6 Å². The Morgan fingerprint density at radius 1 is 0.974 bits per heavy atom. The highest BCUT2D eigenvalue weighted by atomic mass is 35.5. The molecular weight excluding hydrogens is 575 g/mol. The number of hydrogen-bond acceptors (Lipinski definition) is 4. The second-order valence-electron chi connectivity index (χ2n) is 9.65. The lowest BCUT2D eigenvalue weighted by Gasteiger charge is -2.43. The Labute approximate surface area is 230 Å². The fourth-order valence-corrected chi connectivity index (χ4v) is 5.04. The van der Waals surface area contributed by atoms with Crippen molar-refractivity contribution in [1.82, 2.24) is 4.90 Å². The van der Waals surface area contributed by atoms with Crippen molar-refractivity contribution < 1.29 is 45.3 Å². The molecule has 2 aromatic rings. The van der Waals surface area contributed by atoms with Crippen LogP contribution in [0.3, 0.4) is 0 Å². The van der Waals surface area contributed by atoms with E-state index in [9.17, 15) is 31.1 Å². The quantitative estimate of drug-likeness (QED) is 0.304. The average Bonchev–Trinajstić information content (AvgIpc) is 2.87. The van der Waals surface area contributed by atoms with Crippen LogP contribution in [0.2, 0.25) is 10.0 Å². The van der Waals surface area contributed by atoms with Crippen LogP contribution in [0.5, 0.6) is 0 Å². The van der Waals surface area contributed by atoms with Gasteiger partial charge >= 0.3 is 18.4 Å². The summed E-state index contributed by atoms with van der Waals surface area (Å²) in [6.07, 6.45) is -8.38. The van der Waals surface area contributed by atoms with Crippen LogP contribution in [0.1, 0.15) is 47.9 Å². The molecule has 0 radical (unpaired) electrons. The summed E-state index contributed by atoms with van der Waals surface area (Å²) in [6.45, 7) is 0.0479. The lowest BCUT2D eigenvalue weighted by atomic mass is 9.77. The molecule has 13 heteroatoms. The molecule has 2 heterocycles. The molecule has 0 bridgehead atoms. The summed E-state index contributed by atoms with van der Waals surface area (Å²) in [5.41, 5.74) is -3.58. The third-order valence-corrected chi connectivity index (χ3v) is 7.54. The summed E-state index contributed by atoms with van der Waals surface area (Å²) >= 11 is 12.3. The Kier molecular flexibility index (Phi) is 8.95. The molecule has 2 aromatic carbocycles. The number of carbonyl (C=O) groups is 1. The van der Waals surface area contributed by atoms with Gasteiger partial charge in [0.1, 0.15) is 6.61 Å². The van der Waals surface area contributed by atoms with Crippen molar-refractivity contribution in [3.8, 4) is 0 Å². The first-order valence-corrected chi connectivity index (χ1v) is 12.9. The Hall–Kier alpha value is -2.21. The highest BCUT2D eigenvalue weighted by molar-refractivity contribution is 6.42. The molecule has 2 fully saturated rings. The number of nitrogens with zero attached hydrogens (tertiary/aromatic N) is 1. The van der Waals surface area contributed by atoms with Gasteiger partial charge in [-0.15, -0.1) is 0 Å². The first-order valence-electron chi connectivity index (χ1n) is 12.2. The zero-order valence-electron chi connectivity index (χ0n) is 20.5. The molecule has 0 spiro atoms. The molecular formula is C26H25Cl2F6NO4. The Bertz CT molecular complexity index is 1150. The Morgan fingerprint density at radius 2 is 1.67 bits per heavy atom. The van der Waals surface area contributed by atoms with Crippen LogP contribution in [0.4, 0.5) is 31.1 Å². The smallest absolute Gasteiger partial charge is 0.416 e. The topological polar surface area (TPSA) is 48.0 Å². The van der Waals surface area contributed by atoms with Crippen LogP contribution in [-0.2, 0) is 38.5 Å². The molecule has 2 atom stereocenters. The van der Waals surface area contributed by atoms with Gasteiger partial charge in [0.15, 0.2) is 6.29 Å². The summed E-state index contributed by atoms with van der Waals surface area (Å²) in [7, 11) is 0. The van der Waals surface area contributed by atoms with Gasteiger partial charge in [0.2, 0.25) is 0 Å². The number of benzene rings is 2. The molecule has 0 aliphatic carbocycles. The van der Waals surface area contributed by atoms with E-state index in [1.165, 1.54) is 0 Å². The van der Waals surface area contributed by atoms with Gasteiger partial charge in [0, 0.05) is 25.1 Å². The maximum Gasteiger partial charge on any atom is 0.416 e. The van der Waals surface area contributed by atoms with Crippen molar-refractivity contribution in [2.24, 2.45) is 0 Å². The summed E-state index contributed by atoms with van der Waals surface area (Å²) in [6, 6.07) is 6.10. The monoisotopic (exact) mass is 599 g/mol. The molecule has 5 nitrogen and oxygen atoms in total. The predicted molar refractivity (Wildman–Crippen MR) is 131 cm³/mol. The highest BCUT2D eigenvalue weighted by Gasteiger charge is 2.43. The van der Waals surface area contributed by atoms with Crippen molar-refractivity contribution in [3.63, 3.8) is 0 Å². The van der Waals surface area contributed by atoms with Gasteiger partial charge < -0.3 is 19.1 Å². The number of alkyl halides is 6. The summed E-state index contributed by atoms with van der Waals surface area (Å²) in [5.74, 6) is 0. The maximum atomic E-state index is 13.4. The van der Waals surface area contributed by atoms with Crippen molar-refractivity contribution in [2.75, 3.05) is 26.4 Å². The van der Waals surface area contributed by atoms with Gasteiger partial charge in [-0.2, -0.15) is 26.3 Å². The Morgan fingerprint density at radius 3 is 2.26 bits per heavy atom. The van der Waals surface area contributed by atoms with Crippen molar-refractivity contribution in [3.05, 3.63) is 68.7 Å². The number of cyclic esters (lactones) is 1. The van der Waals surface area contributed by atoms with Crippen LogP contribution in [0.15, 0.2) is 36.4 Å². The van der Waals surface area contributed by atoms with Gasteiger partial charge in [-0.3, -0.25) is 0 Å². The zero-order valence-corrected chi connectivity index (χ0v) is 22.0. The van der Waals surface area contributed by atoms with Crippen molar-refractivity contribution in [2.45, 2.75) is 56.3 Å². The minimum atomic E-state index is -5.01. The molecule has 2 aliphatic rings. The van der Waals surface area contributed by atoms with E-state index in [4.69, 9.17) is 37.4 Å². The van der Waals surface area contributed by atoms with Crippen LogP contribution in [0, 0.1) is 0 Å². The van der Waals surface area contributed by atoms with E-state index in [2.05, 4.69) is 0 Å². The molecule has 0 N–H and O–H groups in total. The second kappa shape index (κ2) is 11.7. The number of hydrogen-bond donors (Lipinski definition) is 0. The van der Waals surface area contributed by atoms with Gasteiger partial charge in [0.25, 0.3) is 0 Å². The molecule has 2 saturated heterocycles. The number of carbonyl (C=O) groups excluding carboxylic acids is 1. The third-order valence-electron chi connectivity index (χ3n) is 6.80. The van der Waals surface area contributed by atoms with Crippen molar-refractivity contribution >= 4 is 29.3 Å². The summed E-state index contributed by atoms with van der Waals surface area (Å²) < 4.78 is 97.2. The van der Waals surface area contributed by atoms with E-state index in [0.717, 1.165) is 24.2 Å². The molecule has 39 heavy (non-hydrogen) atoms. The standard InChI is InChI=1S/C26H25Cl2F6NO4/c27-20-5-4-17(12-21(20)28)24(6-8-38-22-3-1-2-7-37-22)14-35(23(36)39-15-24)13-16-9-18(25(29,30)31)11-19(10-16)26(32,33)34/h4-5,9-12,22H,1-3,6-8,13-15H2. The Balaban J connectivity index is 1.63. The fourth-order valence-electron chi connectivity index (χ4n) is 4.74. The predicted octanol–water partition coefficient (Wildman–Crippen LogP) is 7.85. The second-order valence-corrected chi connectivity index (χ2v) is 10.5. The lowest BCUT2D eigenvalue weighted by molar-refractivity contribution is -0.166. The van der Waals surface area contributed by atoms with Gasteiger partial charge in [-0.25, -0.2) is 4.79 Å². The SMILES string of the molecule is O=C1OCC(CCOC2CCCCO2)(c2ccc(Cl)c(Cl)c2)CN1Cc1cc(C(F)(F)F)cc(C(F)(F)F)c1. The van der Waals surface area contributed by atoms with E-state index in [1.54, 1.807) is 18.2 Å². The number of halogens is 8. The van der Waals surface area contributed by atoms with Gasteiger partial charge in [-0.05, 0) is 67.1 Å². The largest absolute Gasteiger partial charge is 0.448 e. The van der Waals surface area contributed by atoms with E-state index in [-0.39, 0.29) is 41.4 Å². The zero-order chi connectivity index (χ0) is 28.4. The number of rotatable bonds is 7. The first-order chi connectivity index (χ1) is 18.3. The summed E-state index contributed by atoms with van der Waals surface area (Å²) in [5, 5.41) is 0.525. The van der Waals surface area contributed by atoms with Gasteiger partial charge in [-0.1, -0.05) is 29.3 Å². The van der Waals surface area contributed by atoms with Crippen LogP contribution >= 0.6 is 23.2 Å². The average molecular weight is 600 g/mol. The minimum Gasteiger partial charge on any atom is -0.448 e. The third kappa shape index (κ3) is 7.31. The normalized spacial score (nSPS) is 22.6. The minimum absolute atomic E-state index is 0.0443. The molecule has 2 unspecified atom stereocenters. The number of ether oxygens (including phenoxy) is 3. The molecule has 1 amide bonds. The molecule has 214 valence electrons. The first kappa shape index (κ1) is 29.8. The van der Waals surface area contributed by atoms with E-state index in [0.29, 0.717) is 30.7 Å². The molecule has 4 rings (SSSR count). The van der Waals surface area contributed by atoms with E-state index < -0.39 is 47.8 Å². The van der Waals surface area contributed by atoms with Crippen molar-refractivity contribution in [1.29, 1.82) is 0 Å². The number of amides is 1. The lowest BCUT2D eigenvalue weighted by Crippen LogP contribution is -2.52. The maximum absolute atomic E-state index is 13.4. The summed E-state index contributed by atoms with van der Waals surface area (Å²) in [4.78, 5) is 13.8. The molecule has 0 aromatic heterocycles.